The number of carbonyl (C=O) groups is 1. The minimum absolute atomic E-state index is 0.0899. The van der Waals surface area contributed by atoms with Crippen molar-refractivity contribution < 1.29 is 4.79 Å². The largest absolute Gasteiger partial charge is 0.392 e. The maximum absolute atomic E-state index is 11.9. The maximum atomic E-state index is 11.9. The molecule has 0 heterocycles. The van der Waals surface area contributed by atoms with E-state index in [4.69, 9.17) is 18.0 Å². The monoisotopic (exact) mass is 270 g/mol. The summed E-state index contributed by atoms with van der Waals surface area (Å²) >= 11 is 5.11. The molecule has 0 aromatic carbocycles. The van der Waals surface area contributed by atoms with Crippen LogP contribution < -0.4 is 11.1 Å². The fraction of sp³-hybridized carbons (Fsp3) is 0.857. The third-order valence-corrected chi connectivity index (χ3v) is 3.95. The maximum Gasteiger partial charge on any atom is 0.220 e. The van der Waals surface area contributed by atoms with E-state index in [1.165, 1.54) is 19.3 Å². The van der Waals surface area contributed by atoms with E-state index >= 15 is 0 Å². The Morgan fingerprint density at radius 3 is 2.44 bits per heavy atom. The standard InChI is InChI=1S/C14H26N2OS/c1-10(2)8-9-12(17)16-13(14(15)18)11-6-4-3-5-7-11/h10-11,13H,3-9H2,1-2H3,(H2,15,18)(H,16,17). The lowest BCUT2D eigenvalue weighted by atomic mass is 9.83. The molecule has 4 heteroatoms. The number of nitrogens with two attached hydrogens (primary N) is 1. The molecule has 1 aliphatic carbocycles. The van der Waals surface area contributed by atoms with Gasteiger partial charge in [-0.2, -0.15) is 0 Å². The summed E-state index contributed by atoms with van der Waals surface area (Å²) in [6, 6.07) is -0.0973. The van der Waals surface area contributed by atoms with Crippen LogP contribution in [0, 0.1) is 11.8 Å². The van der Waals surface area contributed by atoms with E-state index in [1.54, 1.807) is 0 Å². The second-order valence-electron chi connectivity index (χ2n) is 5.78. The molecular weight excluding hydrogens is 244 g/mol. The number of rotatable bonds is 6. The van der Waals surface area contributed by atoms with E-state index in [0.29, 0.717) is 23.2 Å². The summed E-state index contributed by atoms with van der Waals surface area (Å²) in [5, 5.41) is 3.04. The van der Waals surface area contributed by atoms with Crippen molar-refractivity contribution in [3.8, 4) is 0 Å². The second-order valence-corrected chi connectivity index (χ2v) is 6.25. The van der Waals surface area contributed by atoms with Crippen molar-refractivity contribution >= 4 is 23.1 Å². The average Bonchev–Trinajstić information content (AvgIpc) is 2.34. The molecule has 1 saturated carbocycles. The molecule has 1 aliphatic rings. The molecule has 1 rings (SSSR count). The zero-order chi connectivity index (χ0) is 13.5. The summed E-state index contributed by atoms with van der Waals surface area (Å²) < 4.78 is 0. The molecule has 3 N–H and O–H groups in total. The molecule has 0 saturated heterocycles. The second kappa shape index (κ2) is 7.72. The highest BCUT2D eigenvalue weighted by Gasteiger charge is 2.26. The Hall–Kier alpha value is -0.640. The summed E-state index contributed by atoms with van der Waals surface area (Å²) in [4.78, 5) is 12.3. The van der Waals surface area contributed by atoms with E-state index in [2.05, 4.69) is 19.2 Å². The van der Waals surface area contributed by atoms with Crippen LogP contribution in [0.1, 0.15) is 58.8 Å². The summed E-state index contributed by atoms with van der Waals surface area (Å²) in [5.41, 5.74) is 5.79. The van der Waals surface area contributed by atoms with Gasteiger partial charge in [-0.25, -0.2) is 0 Å². The molecule has 1 fully saturated rings. The van der Waals surface area contributed by atoms with Gasteiger partial charge in [-0.3, -0.25) is 4.79 Å². The van der Waals surface area contributed by atoms with Gasteiger partial charge in [0.1, 0.15) is 0 Å². The van der Waals surface area contributed by atoms with Crippen molar-refractivity contribution in [1.82, 2.24) is 5.32 Å². The summed E-state index contributed by atoms with van der Waals surface area (Å²) in [6.07, 6.45) is 7.50. The van der Waals surface area contributed by atoms with E-state index < -0.39 is 0 Å². The van der Waals surface area contributed by atoms with Crippen LogP contribution in [0.2, 0.25) is 0 Å². The molecule has 104 valence electrons. The molecule has 0 radical (unpaired) electrons. The Balaban J connectivity index is 2.46. The number of hydrogen-bond donors (Lipinski definition) is 2. The predicted molar refractivity (Wildman–Crippen MR) is 79.4 cm³/mol. The molecule has 3 nitrogen and oxygen atoms in total. The molecule has 18 heavy (non-hydrogen) atoms. The molecule has 1 amide bonds. The summed E-state index contributed by atoms with van der Waals surface area (Å²) in [6.45, 7) is 4.25. The topological polar surface area (TPSA) is 55.1 Å². The average molecular weight is 270 g/mol. The highest BCUT2D eigenvalue weighted by atomic mass is 32.1. The molecule has 0 aromatic rings. The first kappa shape index (κ1) is 15.4. The van der Waals surface area contributed by atoms with Gasteiger partial charge in [0.2, 0.25) is 5.91 Å². The Morgan fingerprint density at radius 2 is 1.94 bits per heavy atom. The number of hydrogen-bond acceptors (Lipinski definition) is 2. The number of amides is 1. The molecule has 0 spiro atoms. The van der Waals surface area contributed by atoms with Gasteiger partial charge in [0.25, 0.3) is 0 Å². The van der Waals surface area contributed by atoms with Gasteiger partial charge >= 0.3 is 0 Å². The fourth-order valence-corrected chi connectivity index (χ4v) is 2.81. The van der Waals surface area contributed by atoms with Crippen LogP contribution in [-0.4, -0.2) is 16.9 Å². The van der Waals surface area contributed by atoms with Crippen LogP contribution >= 0.6 is 12.2 Å². The van der Waals surface area contributed by atoms with Gasteiger partial charge in [-0.15, -0.1) is 0 Å². The first-order valence-electron chi connectivity index (χ1n) is 7.09. The molecule has 0 aromatic heterocycles. The lowest BCUT2D eigenvalue weighted by Crippen LogP contribution is -2.48. The van der Waals surface area contributed by atoms with Crippen molar-refractivity contribution in [2.24, 2.45) is 17.6 Å². The Labute approximate surface area is 116 Å². The minimum atomic E-state index is -0.0973. The third-order valence-electron chi connectivity index (χ3n) is 3.69. The van der Waals surface area contributed by atoms with Crippen LogP contribution in [0.15, 0.2) is 0 Å². The van der Waals surface area contributed by atoms with Crippen molar-refractivity contribution in [2.75, 3.05) is 0 Å². The highest BCUT2D eigenvalue weighted by molar-refractivity contribution is 7.80. The van der Waals surface area contributed by atoms with Gasteiger partial charge < -0.3 is 11.1 Å². The minimum Gasteiger partial charge on any atom is -0.392 e. The van der Waals surface area contributed by atoms with Gasteiger partial charge in [-0.05, 0) is 31.1 Å². The first-order valence-corrected chi connectivity index (χ1v) is 7.50. The van der Waals surface area contributed by atoms with Gasteiger partial charge in [-0.1, -0.05) is 45.3 Å². The fourth-order valence-electron chi connectivity index (χ4n) is 2.55. The number of carbonyl (C=O) groups excluding carboxylic acids is 1. The van der Waals surface area contributed by atoms with E-state index in [-0.39, 0.29) is 11.9 Å². The Morgan fingerprint density at radius 1 is 1.33 bits per heavy atom. The lowest BCUT2D eigenvalue weighted by molar-refractivity contribution is -0.122. The smallest absolute Gasteiger partial charge is 0.220 e. The van der Waals surface area contributed by atoms with Crippen LogP contribution in [0.3, 0.4) is 0 Å². The van der Waals surface area contributed by atoms with Crippen molar-refractivity contribution in [2.45, 2.75) is 64.8 Å². The summed E-state index contributed by atoms with van der Waals surface area (Å²) in [5.74, 6) is 1.08. The Bertz CT molecular complexity index is 286. The van der Waals surface area contributed by atoms with Crippen molar-refractivity contribution in [3.05, 3.63) is 0 Å². The molecular formula is C14H26N2OS. The van der Waals surface area contributed by atoms with Gasteiger partial charge in [0.05, 0.1) is 11.0 Å². The molecule has 0 aliphatic heterocycles. The molecule has 1 atom stereocenters. The van der Waals surface area contributed by atoms with Crippen LogP contribution in [0.4, 0.5) is 0 Å². The SMILES string of the molecule is CC(C)CCC(=O)NC(C(N)=S)C1CCCCC1. The van der Waals surface area contributed by atoms with Crippen LogP contribution in [0.5, 0.6) is 0 Å². The normalized spacial score (nSPS) is 18.6. The number of thiocarbonyl (C=S) groups is 1. The van der Waals surface area contributed by atoms with Gasteiger partial charge in [0.15, 0.2) is 0 Å². The molecule has 0 bridgehead atoms. The predicted octanol–water partition coefficient (Wildman–Crippen LogP) is 2.77. The zero-order valence-corrected chi connectivity index (χ0v) is 12.4. The van der Waals surface area contributed by atoms with E-state index in [9.17, 15) is 4.79 Å². The third kappa shape index (κ3) is 5.34. The first-order chi connectivity index (χ1) is 8.50. The number of nitrogens with one attached hydrogen (secondary N) is 1. The van der Waals surface area contributed by atoms with Gasteiger partial charge in [0, 0.05) is 6.42 Å². The lowest BCUT2D eigenvalue weighted by Gasteiger charge is -2.30. The van der Waals surface area contributed by atoms with E-state index in [0.717, 1.165) is 19.3 Å². The Kier molecular flexibility index (Phi) is 6.61. The zero-order valence-electron chi connectivity index (χ0n) is 11.6. The quantitative estimate of drug-likeness (QED) is 0.730. The van der Waals surface area contributed by atoms with Crippen LogP contribution in [-0.2, 0) is 4.79 Å². The van der Waals surface area contributed by atoms with Crippen molar-refractivity contribution in [3.63, 3.8) is 0 Å². The summed E-state index contributed by atoms with van der Waals surface area (Å²) in [7, 11) is 0. The highest BCUT2D eigenvalue weighted by Crippen LogP contribution is 2.26. The van der Waals surface area contributed by atoms with Crippen molar-refractivity contribution in [1.29, 1.82) is 0 Å². The van der Waals surface area contributed by atoms with E-state index in [1.807, 2.05) is 0 Å². The van der Waals surface area contributed by atoms with Crippen LogP contribution in [0.25, 0.3) is 0 Å². The molecule has 1 unspecified atom stereocenters.